The Morgan fingerprint density at radius 2 is 2.08 bits per heavy atom. The highest BCUT2D eigenvalue weighted by atomic mass is 16.1. The smallest absolute Gasteiger partial charge is 0.123 e. The molecule has 0 bridgehead atoms. The summed E-state index contributed by atoms with van der Waals surface area (Å²) in [6, 6.07) is 0. The molecule has 13 heavy (non-hydrogen) atoms. The standard InChI is InChI=1S/C12H20O/c1-12-7-3-2-4-11(12)6-5-10(8-12)9-13/h9-11H,2-8H2,1H3. The molecule has 0 aromatic rings. The van der Waals surface area contributed by atoms with E-state index < -0.39 is 0 Å². The molecule has 0 saturated heterocycles. The number of aldehydes is 1. The molecule has 2 rings (SSSR count). The zero-order valence-electron chi connectivity index (χ0n) is 8.59. The number of hydrogen-bond donors (Lipinski definition) is 0. The first-order chi connectivity index (χ1) is 6.24. The first-order valence-electron chi connectivity index (χ1n) is 5.70. The molecule has 0 aliphatic heterocycles. The lowest BCUT2D eigenvalue weighted by molar-refractivity contribution is -0.114. The summed E-state index contributed by atoms with van der Waals surface area (Å²) in [4.78, 5) is 10.8. The van der Waals surface area contributed by atoms with Crippen LogP contribution in [0.25, 0.3) is 0 Å². The molecule has 3 atom stereocenters. The van der Waals surface area contributed by atoms with Crippen molar-refractivity contribution in [2.24, 2.45) is 17.3 Å². The highest BCUT2D eigenvalue weighted by Gasteiger charge is 2.41. The van der Waals surface area contributed by atoms with Gasteiger partial charge in [0.15, 0.2) is 0 Å². The molecule has 2 aliphatic rings. The summed E-state index contributed by atoms with van der Waals surface area (Å²) < 4.78 is 0. The van der Waals surface area contributed by atoms with E-state index in [-0.39, 0.29) is 0 Å². The van der Waals surface area contributed by atoms with Crippen molar-refractivity contribution in [3.63, 3.8) is 0 Å². The normalized spacial score (nSPS) is 45.3. The van der Waals surface area contributed by atoms with Gasteiger partial charge in [-0.15, -0.1) is 0 Å². The molecule has 1 heteroatoms. The van der Waals surface area contributed by atoms with E-state index in [1.165, 1.54) is 44.8 Å². The van der Waals surface area contributed by atoms with Crippen LogP contribution in [0.1, 0.15) is 51.9 Å². The SMILES string of the molecule is CC12CCCCC1CCC(C=O)C2. The van der Waals surface area contributed by atoms with E-state index in [9.17, 15) is 4.79 Å². The Morgan fingerprint density at radius 1 is 1.23 bits per heavy atom. The average Bonchev–Trinajstić information content (AvgIpc) is 2.16. The number of carbonyl (C=O) groups excluding carboxylic acids is 1. The molecule has 1 nitrogen and oxygen atoms in total. The first kappa shape index (κ1) is 9.23. The summed E-state index contributed by atoms with van der Waals surface area (Å²) in [7, 11) is 0. The van der Waals surface area contributed by atoms with Crippen molar-refractivity contribution in [2.45, 2.75) is 51.9 Å². The molecule has 0 heterocycles. The number of rotatable bonds is 1. The van der Waals surface area contributed by atoms with Gasteiger partial charge in [0.05, 0.1) is 0 Å². The van der Waals surface area contributed by atoms with Crippen molar-refractivity contribution in [1.29, 1.82) is 0 Å². The van der Waals surface area contributed by atoms with Gasteiger partial charge in [-0.25, -0.2) is 0 Å². The van der Waals surface area contributed by atoms with Crippen LogP contribution in [0, 0.1) is 17.3 Å². The summed E-state index contributed by atoms with van der Waals surface area (Å²) >= 11 is 0. The highest BCUT2D eigenvalue weighted by molar-refractivity contribution is 5.53. The van der Waals surface area contributed by atoms with E-state index in [1.807, 2.05) is 0 Å². The second-order valence-electron chi connectivity index (χ2n) is 5.27. The van der Waals surface area contributed by atoms with E-state index in [0.29, 0.717) is 11.3 Å². The van der Waals surface area contributed by atoms with Gasteiger partial charge in [0.2, 0.25) is 0 Å². The minimum absolute atomic E-state index is 0.374. The van der Waals surface area contributed by atoms with Crippen LogP contribution in [-0.2, 0) is 4.79 Å². The number of hydrogen-bond acceptors (Lipinski definition) is 1. The monoisotopic (exact) mass is 180 g/mol. The van der Waals surface area contributed by atoms with Gasteiger partial charge in [0.1, 0.15) is 6.29 Å². The lowest BCUT2D eigenvalue weighted by atomic mass is 9.58. The van der Waals surface area contributed by atoms with E-state index in [4.69, 9.17) is 0 Å². The van der Waals surface area contributed by atoms with Gasteiger partial charge >= 0.3 is 0 Å². The maximum atomic E-state index is 10.8. The Kier molecular flexibility index (Phi) is 2.44. The summed E-state index contributed by atoms with van der Waals surface area (Å²) in [6.07, 6.45) is 10.4. The van der Waals surface area contributed by atoms with Gasteiger partial charge in [0.25, 0.3) is 0 Å². The maximum Gasteiger partial charge on any atom is 0.123 e. The van der Waals surface area contributed by atoms with Crippen LogP contribution in [0.5, 0.6) is 0 Å². The van der Waals surface area contributed by atoms with Gasteiger partial charge in [0, 0.05) is 5.92 Å². The third-order valence-corrected chi connectivity index (χ3v) is 4.34. The third-order valence-electron chi connectivity index (χ3n) is 4.34. The summed E-state index contributed by atoms with van der Waals surface area (Å²) in [5.74, 6) is 1.30. The average molecular weight is 180 g/mol. The predicted molar refractivity (Wildman–Crippen MR) is 53.5 cm³/mol. The van der Waals surface area contributed by atoms with Crippen molar-refractivity contribution >= 4 is 6.29 Å². The van der Waals surface area contributed by atoms with E-state index in [1.54, 1.807) is 0 Å². The van der Waals surface area contributed by atoms with Gasteiger partial charge in [-0.2, -0.15) is 0 Å². The lowest BCUT2D eigenvalue weighted by Gasteiger charge is -2.47. The summed E-state index contributed by atoms with van der Waals surface area (Å²) in [5, 5.41) is 0. The first-order valence-corrected chi connectivity index (χ1v) is 5.70. The van der Waals surface area contributed by atoms with Gasteiger partial charge in [-0.3, -0.25) is 0 Å². The molecule has 2 fully saturated rings. The largest absolute Gasteiger partial charge is 0.303 e. The molecule has 0 N–H and O–H groups in total. The Morgan fingerprint density at radius 3 is 2.85 bits per heavy atom. The van der Waals surface area contributed by atoms with Crippen molar-refractivity contribution in [3.8, 4) is 0 Å². The zero-order chi connectivity index (χ0) is 9.31. The van der Waals surface area contributed by atoms with Crippen LogP contribution in [0.15, 0.2) is 0 Å². The highest BCUT2D eigenvalue weighted by Crippen LogP contribution is 2.51. The van der Waals surface area contributed by atoms with Crippen LogP contribution in [0.2, 0.25) is 0 Å². The Labute approximate surface area is 80.9 Å². The molecule has 74 valence electrons. The zero-order valence-corrected chi connectivity index (χ0v) is 8.59. The second kappa shape index (κ2) is 3.43. The van der Waals surface area contributed by atoms with Crippen LogP contribution >= 0.6 is 0 Å². The maximum absolute atomic E-state index is 10.8. The Bertz CT molecular complexity index is 199. The number of carbonyl (C=O) groups is 1. The van der Waals surface area contributed by atoms with Gasteiger partial charge in [-0.1, -0.05) is 19.8 Å². The van der Waals surface area contributed by atoms with Crippen LogP contribution in [0.3, 0.4) is 0 Å². The van der Waals surface area contributed by atoms with E-state index in [0.717, 1.165) is 12.3 Å². The fraction of sp³-hybridized carbons (Fsp3) is 0.917. The minimum Gasteiger partial charge on any atom is -0.303 e. The van der Waals surface area contributed by atoms with Gasteiger partial charge < -0.3 is 4.79 Å². The Hall–Kier alpha value is -0.330. The molecule has 3 unspecified atom stereocenters. The molecular weight excluding hydrogens is 160 g/mol. The molecular formula is C12H20O. The molecule has 0 amide bonds. The van der Waals surface area contributed by atoms with Crippen LogP contribution < -0.4 is 0 Å². The summed E-state index contributed by atoms with van der Waals surface area (Å²) in [5.41, 5.74) is 0.516. The molecule has 0 radical (unpaired) electrons. The molecule has 0 aromatic carbocycles. The summed E-state index contributed by atoms with van der Waals surface area (Å²) in [6.45, 7) is 2.41. The van der Waals surface area contributed by atoms with Crippen molar-refractivity contribution in [2.75, 3.05) is 0 Å². The fourth-order valence-corrected chi connectivity index (χ4v) is 3.47. The molecule has 2 saturated carbocycles. The second-order valence-corrected chi connectivity index (χ2v) is 5.27. The molecule has 0 spiro atoms. The minimum atomic E-state index is 0.374. The third kappa shape index (κ3) is 1.66. The topological polar surface area (TPSA) is 17.1 Å². The van der Waals surface area contributed by atoms with Crippen LogP contribution in [-0.4, -0.2) is 6.29 Å². The van der Waals surface area contributed by atoms with Crippen molar-refractivity contribution < 1.29 is 4.79 Å². The van der Waals surface area contributed by atoms with Crippen molar-refractivity contribution in [1.82, 2.24) is 0 Å². The number of fused-ring (bicyclic) bond motifs is 1. The van der Waals surface area contributed by atoms with E-state index >= 15 is 0 Å². The van der Waals surface area contributed by atoms with E-state index in [2.05, 4.69) is 6.92 Å². The van der Waals surface area contributed by atoms with Gasteiger partial charge in [-0.05, 0) is 43.4 Å². The lowest BCUT2D eigenvalue weighted by Crippen LogP contribution is -2.37. The molecule has 2 aliphatic carbocycles. The Balaban J connectivity index is 2.07. The fourth-order valence-electron chi connectivity index (χ4n) is 3.47. The quantitative estimate of drug-likeness (QED) is 0.566. The predicted octanol–water partition coefficient (Wildman–Crippen LogP) is 3.18. The van der Waals surface area contributed by atoms with Crippen molar-refractivity contribution in [3.05, 3.63) is 0 Å². The van der Waals surface area contributed by atoms with Crippen LogP contribution in [0.4, 0.5) is 0 Å². The molecule has 0 aromatic heterocycles.